The second-order valence-electron chi connectivity index (χ2n) is 4.98. The van der Waals surface area contributed by atoms with Gasteiger partial charge in [-0.25, -0.2) is 0 Å². The van der Waals surface area contributed by atoms with E-state index in [2.05, 4.69) is 14.9 Å². The first-order valence-corrected chi connectivity index (χ1v) is 7.29. The number of rotatable bonds is 4. The number of hydrogen-bond acceptors (Lipinski definition) is 4. The largest absolute Gasteiger partial charge is 0.416 e. The summed E-state index contributed by atoms with van der Waals surface area (Å²) in [4.78, 5) is 0.726. The summed E-state index contributed by atoms with van der Waals surface area (Å²) < 4.78 is 43.5. The molecule has 0 aliphatic heterocycles. The molecule has 2 aromatic rings. The Bertz CT molecular complexity index is 608. The van der Waals surface area contributed by atoms with Gasteiger partial charge < -0.3 is 5.32 Å². The minimum atomic E-state index is -4.39. The van der Waals surface area contributed by atoms with Gasteiger partial charge >= 0.3 is 6.18 Å². The molecule has 0 aliphatic rings. The van der Waals surface area contributed by atoms with E-state index in [-0.39, 0.29) is 11.5 Å². The van der Waals surface area contributed by atoms with Crippen LogP contribution in [0.5, 0.6) is 0 Å². The Morgan fingerprint density at radius 3 is 2.43 bits per heavy atom. The van der Waals surface area contributed by atoms with E-state index in [0.717, 1.165) is 28.2 Å². The molecule has 114 valence electrons. The lowest BCUT2D eigenvalue weighted by molar-refractivity contribution is -0.138. The van der Waals surface area contributed by atoms with Gasteiger partial charge in [0.25, 0.3) is 0 Å². The maximum atomic E-state index is 13.2. The van der Waals surface area contributed by atoms with Crippen LogP contribution in [0.3, 0.4) is 0 Å². The Hall–Kier alpha value is -1.47. The fraction of sp³-hybridized carbons (Fsp3) is 0.429. The molecule has 0 saturated heterocycles. The summed E-state index contributed by atoms with van der Waals surface area (Å²) in [5, 5.41) is 7.01. The fourth-order valence-electron chi connectivity index (χ4n) is 2.24. The lowest BCUT2D eigenvalue weighted by Crippen LogP contribution is -2.22. The minimum absolute atomic E-state index is 0.104. The second-order valence-corrected chi connectivity index (χ2v) is 5.77. The highest BCUT2D eigenvalue weighted by Gasteiger charge is 2.36. The number of alkyl halides is 3. The zero-order chi connectivity index (χ0) is 15.6. The first-order chi connectivity index (χ1) is 9.86. The van der Waals surface area contributed by atoms with Gasteiger partial charge in [0.1, 0.15) is 0 Å². The molecular formula is C14H16F3N3S. The third-order valence-electron chi connectivity index (χ3n) is 3.22. The van der Waals surface area contributed by atoms with Crippen molar-refractivity contribution in [3.8, 4) is 0 Å². The molecule has 1 atom stereocenters. The maximum Gasteiger partial charge on any atom is 0.416 e. The smallest absolute Gasteiger partial charge is 0.309 e. The third-order valence-corrected chi connectivity index (χ3v) is 4.02. The number of nitrogens with zero attached hydrogens (tertiary/aromatic N) is 2. The van der Waals surface area contributed by atoms with Crippen LogP contribution in [0.15, 0.2) is 24.3 Å². The van der Waals surface area contributed by atoms with Gasteiger partial charge in [-0.1, -0.05) is 36.5 Å². The van der Waals surface area contributed by atoms with Gasteiger partial charge in [0, 0.05) is 0 Å². The molecule has 0 spiro atoms. The van der Waals surface area contributed by atoms with Crippen LogP contribution in [0.1, 0.15) is 47.5 Å². The van der Waals surface area contributed by atoms with E-state index in [1.165, 1.54) is 12.1 Å². The molecule has 0 radical (unpaired) electrons. The summed E-state index contributed by atoms with van der Waals surface area (Å²) in [5.41, 5.74) is 0.296. The normalized spacial score (nSPS) is 13.7. The van der Waals surface area contributed by atoms with E-state index in [1.54, 1.807) is 13.1 Å². The van der Waals surface area contributed by atoms with Crippen molar-refractivity contribution in [2.24, 2.45) is 0 Å². The van der Waals surface area contributed by atoms with E-state index >= 15 is 0 Å². The molecule has 0 amide bonds. The molecule has 21 heavy (non-hydrogen) atoms. The fourth-order valence-corrected chi connectivity index (χ4v) is 3.18. The van der Waals surface area contributed by atoms with Crippen LogP contribution in [0.2, 0.25) is 0 Å². The average Bonchev–Trinajstić information content (AvgIpc) is 2.88. The molecule has 0 aliphatic carbocycles. The Kier molecular flexibility index (Phi) is 4.63. The highest BCUT2D eigenvalue weighted by Crippen LogP contribution is 2.38. The van der Waals surface area contributed by atoms with Gasteiger partial charge in [-0.05, 0) is 36.1 Å². The van der Waals surface area contributed by atoms with Crippen LogP contribution < -0.4 is 5.32 Å². The monoisotopic (exact) mass is 315 g/mol. The quantitative estimate of drug-likeness (QED) is 0.927. The van der Waals surface area contributed by atoms with Crippen molar-refractivity contribution in [3.63, 3.8) is 0 Å². The predicted molar refractivity (Wildman–Crippen MR) is 76.3 cm³/mol. The lowest BCUT2D eigenvalue weighted by Gasteiger charge is -2.21. The van der Waals surface area contributed by atoms with Crippen molar-refractivity contribution in [1.82, 2.24) is 14.9 Å². The summed E-state index contributed by atoms with van der Waals surface area (Å²) >= 11 is 1.13. The number of halogens is 3. The van der Waals surface area contributed by atoms with Gasteiger partial charge in [-0.3, -0.25) is 0 Å². The van der Waals surface area contributed by atoms with E-state index in [4.69, 9.17) is 0 Å². The third kappa shape index (κ3) is 3.24. The zero-order valence-electron chi connectivity index (χ0n) is 11.9. The van der Waals surface area contributed by atoms with Crippen molar-refractivity contribution >= 4 is 11.5 Å². The molecule has 0 saturated carbocycles. The van der Waals surface area contributed by atoms with Crippen LogP contribution in [-0.4, -0.2) is 16.6 Å². The van der Waals surface area contributed by atoms with Crippen molar-refractivity contribution in [2.75, 3.05) is 7.05 Å². The molecule has 0 fully saturated rings. The van der Waals surface area contributed by atoms with E-state index in [9.17, 15) is 13.2 Å². The van der Waals surface area contributed by atoms with E-state index in [0.29, 0.717) is 0 Å². The highest BCUT2D eigenvalue weighted by molar-refractivity contribution is 7.05. The van der Waals surface area contributed by atoms with Crippen LogP contribution in [0.4, 0.5) is 13.2 Å². The molecule has 1 N–H and O–H groups in total. The second kappa shape index (κ2) is 6.11. The first-order valence-electron chi connectivity index (χ1n) is 6.51. The van der Waals surface area contributed by atoms with Crippen LogP contribution >= 0.6 is 11.5 Å². The number of nitrogens with one attached hydrogen (secondary N) is 1. The van der Waals surface area contributed by atoms with Crippen molar-refractivity contribution < 1.29 is 13.2 Å². The molecular weight excluding hydrogens is 299 g/mol. The minimum Gasteiger partial charge on any atom is -0.309 e. The van der Waals surface area contributed by atoms with Crippen LogP contribution in [-0.2, 0) is 6.18 Å². The molecule has 1 unspecified atom stereocenters. The van der Waals surface area contributed by atoms with Gasteiger partial charge in [0.05, 0.1) is 22.2 Å². The van der Waals surface area contributed by atoms with Crippen LogP contribution in [0.25, 0.3) is 0 Å². The van der Waals surface area contributed by atoms with Gasteiger partial charge in [-0.2, -0.15) is 13.2 Å². The van der Waals surface area contributed by atoms with Gasteiger partial charge in [0.2, 0.25) is 0 Å². The summed E-state index contributed by atoms with van der Waals surface area (Å²) in [6, 6.07) is 5.03. The lowest BCUT2D eigenvalue weighted by atomic mass is 9.96. The predicted octanol–water partition coefficient (Wildman–Crippen LogP) is 3.99. The summed E-state index contributed by atoms with van der Waals surface area (Å²) in [6.07, 6.45) is -4.39. The maximum absolute atomic E-state index is 13.2. The van der Waals surface area contributed by atoms with Crippen molar-refractivity contribution in [3.05, 3.63) is 46.0 Å². The molecule has 7 heteroatoms. The van der Waals surface area contributed by atoms with Crippen molar-refractivity contribution in [1.29, 1.82) is 0 Å². The summed E-state index contributed by atoms with van der Waals surface area (Å²) in [6.45, 7) is 3.89. The van der Waals surface area contributed by atoms with Gasteiger partial charge in [0.15, 0.2) is 0 Å². The Morgan fingerprint density at radius 2 is 1.86 bits per heavy atom. The number of benzene rings is 1. The molecule has 3 nitrogen and oxygen atoms in total. The standard InChI is InChI=1S/C14H16F3N3S/c1-8(2)11-13(21-20-19-11)12(18-3)9-6-4-5-7-10(9)14(15,16)17/h4-8,12,18H,1-3H3. The number of hydrogen-bond donors (Lipinski definition) is 1. The van der Waals surface area contributed by atoms with Gasteiger partial charge in [-0.15, -0.1) is 5.10 Å². The van der Waals surface area contributed by atoms with E-state index in [1.807, 2.05) is 13.8 Å². The molecule has 2 rings (SSSR count). The Labute approximate surface area is 125 Å². The Balaban J connectivity index is 2.55. The first kappa shape index (κ1) is 15.9. The SMILES string of the molecule is CNC(c1ccccc1C(F)(F)F)c1snnc1C(C)C. The average molecular weight is 315 g/mol. The zero-order valence-corrected chi connectivity index (χ0v) is 12.7. The number of aromatic nitrogens is 2. The summed E-state index contributed by atoms with van der Waals surface area (Å²) in [5.74, 6) is 0.104. The Morgan fingerprint density at radius 1 is 1.19 bits per heavy atom. The molecule has 1 aromatic carbocycles. The van der Waals surface area contributed by atoms with E-state index < -0.39 is 17.8 Å². The molecule has 0 bridgehead atoms. The molecule has 1 heterocycles. The highest BCUT2D eigenvalue weighted by atomic mass is 32.1. The summed E-state index contributed by atoms with van der Waals surface area (Å²) in [7, 11) is 1.64. The molecule has 1 aromatic heterocycles. The topological polar surface area (TPSA) is 37.8 Å². The van der Waals surface area contributed by atoms with Crippen LogP contribution in [0, 0.1) is 0 Å². The van der Waals surface area contributed by atoms with Crippen molar-refractivity contribution in [2.45, 2.75) is 32.0 Å².